The maximum atomic E-state index is 13.9. The molecule has 0 amide bonds. The fraction of sp³-hybridized carbons (Fsp3) is 0. The van der Waals surface area contributed by atoms with Gasteiger partial charge < -0.3 is 5.73 Å². The molecule has 0 atom stereocenters. The molecule has 0 aliphatic heterocycles. The van der Waals surface area contributed by atoms with Crippen LogP contribution < -0.4 is 5.73 Å². The van der Waals surface area contributed by atoms with Crippen LogP contribution in [0.5, 0.6) is 0 Å². The van der Waals surface area contributed by atoms with Gasteiger partial charge in [-0.1, -0.05) is 23.7 Å². The molecule has 2 aromatic carbocycles. The van der Waals surface area contributed by atoms with Crippen molar-refractivity contribution in [3.8, 4) is 28.6 Å². The zero-order valence-corrected chi connectivity index (χ0v) is 14.6. The van der Waals surface area contributed by atoms with Crippen molar-refractivity contribution in [2.75, 3.05) is 5.73 Å². The predicted molar refractivity (Wildman–Crippen MR) is 102 cm³/mol. The molecular weight excluding hydrogens is 365 g/mol. The molecule has 4 aromatic rings. The summed E-state index contributed by atoms with van der Waals surface area (Å²) in [6.07, 6.45) is 1.71. The number of hydrogen-bond acceptors (Lipinski definition) is 5. The maximum Gasteiger partial charge on any atom is 0.183 e. The number of fused-ring (bicyclic) bond motifs is 1. The number of nitrogens with two attached hydrogens (primary N) is 1. The molecule has 0 unspecified atom stereocenters. The molecular formula is C20H11ClFN5. The molecule has 0 spiro atoms. The van der Waals surface area contributed by atoms with Gasteiger partial charge in [0.1, 0.15) is 11.9 Å². The van der Waals surface area contributed by atoms with Crippen LogP contribution in [0.3, 0.4) is 0 Å². The Bertz CT molecular complexity index is 1210. The first kappa shape index (κ1) is 16.9. The van der Waals surface area contributed by atoms with Crippen molar-refractivity contribution in [1.29, 1.82) is 5.26 Å². The zero-order valence-electron chi connectivity index (χ0n) is 13.8. The van der Waals surface area contributed by atoms with Crippen molar-refractivity contribution >= 4 is 28.3 Å². The number of nitrogen functional groups attached to an aromatic ring is 1. The number of pyridine rings is 1. The second-order valence-electron chi connectivity index (χ2n) is 5.84. The van der Waals surface area contributed by atoms with E-state index in [1.165, 1.54) is 12.1 Å². The van der Waals surface area contributed by atoms with Gasteiger partial charge in [0.2, 0.25) is 0 Å². The van der Waals surface area contributed by atoms with Crippen molar-refractivity contribution in [2.24, 2.45) is 0 Å². The average Bonchev–Trinajstić information content (AvgIpc) is 2.66. The van der Waals surface area contributed by atoms with Crippen molar-refractivity contribution in [3.05, 3.63) is 71.3 Å². The van der Waals surface area contributed by atoms with Crippen LogP contribution in [-0.2, 0) is 0 Å². The van der Waals surface area contributed by atoms with E-state index in [0.717, 1.165) is 10.9 Å². The topological polar surface area (TPSA) is 88.5 Å². The molecule has 0 radical (unpaired) electrons. The first-order valence-corrected chi connectivity index (χ1v) is 8.32. The zero-order chi connectivity index (χ0) is 19.0. The molecule has 0 aliphatic carbocycles. The molecule has 2 heterocycles. The molecule has 0 saturated heterocycles. The molecule has 0 aliphatic rings. The van der Waals surface area contributed by atoms with Crippen LogP contribution in [0.25, 0.3) is 33.4 Å². The third-order valence-electron chi connectivity index (χ3n) is 4.04. The first-order chi connectivity index (χ1) is 13.0. The molecule has 0 bridgehead atoms. The first-order valence-electron chi connectivity index (χ1n) is 7.94. The van der Waals surface area contributed by atoms with E-state index in [1.54, 1.807) is 12.3 Å². The lowest BCUT2D eigenvalue weighted by atomic mass is 10.0. The third kappa shape index (κ3) is 3.16. The summed E-state index contributed by atoms with van der Waals surface area (Å²) in [6.45, 7) is 0. The summed E-state index contributed by atoms with van der Waals surface area (Å²) in [5.74, 6) is -0.532. The minimum atomic E-state index is -0.504. The van der Waals surface area contributed by atoms with Crippen LogP contribution in [0, 0.1) is 17.1 Å². The fourth-order valence-electron chi connectivity index (χ4n) is 2.85. The second kappa shape index (κ2) is 6.63. The molecule has 0 saturated carbocycles. The van der Waals surface area contributed by atoms with Crippen molar-refractivity contribution in [1.82, 2.24) is 15.0 Å². The number of nitriles is 1. The molecule has 0 fully saturated rings. The largest absolute Gasteiger partial charge is 0.381 e. The minimum absolute atomic E-state index is 0.00235. The van der Waals surface area contributed by atoms with Crippen LogP contribution in [0.1, 0.15) is 5.69 Å². The highest BCUT2D eigenvalue weighted by atomic mass is 35.5. The maximum absolute atomic E-state index is 13.9. The van der Waals surface area contributed by atoms with Crippen LogP contribution in [-0.4, -0.2) is 15.0 Å². The van der Waals surface area contributed by atoms with Crippen LogP contribution in [0.15, 0.2) is 54.7 Å². The molecule has 2 N–H and O–H groups in total. The normalized spacial score (nSPS) is 10.7. The number of benzene rings is 2. The predicted octanol–water partition coefficient (Wildman–Crippen LogP) is 4.61. The van der Waals surface area contributed by atoms with E-state index in [-0.39, 0.29) is 16.5 Å². The molecule has 2 aromatic heterocycles. The summed E-state index contributed by atoms with van der Waals surface area (Å²) in [7, 11) is 0. The van der Waals surface area contributed by atoms with Gasteiger partial charge in [0, 0.05) is 27.7 Å². The van der Waals surface area contributed by atoms with Crippen molar-refractivity contribution in [2.45, 2.75) is 0 Å². The van der Waals surface area contributed by atoms with Gasteiger partial charge in [-0.25, -0.2) is 14.4 Å². The van der Waals surface area contributed by atoms with Gasteiger partial charge in [-0.15, -0.1) is 0 Å². The number of halogens is 2. The Morgan fingerprint density at radius 3 is 2.59 bits per heavy atom. The molecule has 27 heavy (non-hydrogen) atoms. The smallest absolute Gasteiger partial charge is 0.183 e. The molecule has 4 rings (SSSR count). The highest BCUT2D eigenvalue weighted by Gasteiger charge is 2.17. The van der Waals surface area contributed by atoms with E-state index in [9.17, 15) is 9.65 Å². The fourth-order valence-corrected chi connectivity index (χ4v) is 3.07. The molecule has 5 nitrogen and oxygen atoms in total. The number of hydrogen-bond donors (Lipinski definition) is 1. The minimum Gasteiger partial charge on any atom is -0.381 e. The summed E-state index contributed by atoms with van der Waals surface area (Å²) >= 11 is 5.99. The highest BCUT2D eigenvalue weighted by molar-refractivity contribution is 6.30. The Labute approximate surface area is 158 Å². The lowest BCUT2D eigenvalue weighted by molar-refractivity contribution is 0.628. The quantitative estimate of drug-likeness (QED) is 0.552. The number of rotatable bonds is 2. The van der Waals surface area contributed by atoms with Crippen molar-refractivity contribution < 1.29 is 4.39 Å². The Kier molecular flexibility index (Phi) is 4.15. The van der Waals surface area contributed by atoms with Crippen molar-refractivity contribution in [3.63, 3.8) is 0 Å². The average molecular weight is 376 g/mol. The van der Waals surface area contributed by atoms with E-state index in [2.05, 4.69) is 15.0 Å². The van der Waals surface area contributed by atoms with Gasteiger partial charge in [-0.2, -0.15) is 5.26 Å². The van der Waals surface area contributed by atoms with E-state index >= 15 is 0 Å². The Hall–Kier alpha value is -3.56. The SMILES string of the molecule is N#Cc1nc(-c2ccc3ncccc3c2)c(-c2cc(F)cc(Cl)c2)nc1N. The monoisotopic (exact) mass is 375 g/mol. The van der Waals surface area contributed by atoms with Gasteiger partial charge in [0.15, 0.2) is 11.5 Å². The molecule has 130 valence electrons. The lowest BCUT2D eigenvalue weighted by Crippen LogP contribution is -2.03. The van der Waals surface area contributed by atoms with E-state index in [4.69, 9.17) is 17.3 Å². The summed E-state index contributed by atoms with van der Waals surface area (Å²) in [5, 5.41) is 10.4. The summed E-state index contributed by atoms with van der Waals surface area (Å²) < 4.78 is 13.9. The van der Waals surface area contributed by atoms with E-state index < -0.39 is 5.82 Å². The van der Waals surface area contributed by atoms with Gasteiger partial charge in [-0.3, -0.25) is 4.98 Å². The van der Waals surface area contributed by atoms with Crippen LogP contribution in [0.2, 0.25) is 5.02 Å². The van der Waals surface area contributed by atoms with Gasteiger partial charge in [0.25, 0.3) is 0 Å². The lowest BCUT2D eigenvalue weighted by Gasteiger charge is -2.11. The van der Waals surface area contributed by atoms with E-state index in [1.807, 2.05) is 36.4 Å². The van der Waals surface area contributed by atoms with Gasteiger partial charge >= 0.3 is 0 Å². The summed E-state index contributed by atoms with van der Waals surface area (Å²) in [4.78, 5) is 13.0. The number of nitrogens with zero attached hydrogens (tertiary/aromatic N) is 4. The summed E-state index contributed by atoms with van der Waals surface area (Å²) in [5.41, 5.74) is 8.55. The Morgan fingerprint density at radius 2 is 1.81 bits per heavy atom. The van der Waals surface area contributed by atoms with Crippen LogP contribution >= 0.6 is 11.6 Å². The highest BCUT2D eigenvalue weighted by Crippen LogP contribution is 2.33. The molecule has 7 heteroatoms. The van der Waals surface area contributed by atoms with Gasteiger partial charge in [0.05, 0.1) is 16.9 Å². The third-order valence-corrected chi connectivity index (χ3v) is 4.26. The number of aromatic nitrogens is 3. The van der Waals surface area contributed by atoms with E-state index in [0.29, 0.717) is 22.5 Å². The number of anilines is 1. The Balaban J connectivity index is 2.01. The van der Waals surface area contributed by atoms with Crippen LogP contribution in [0.4, 0.5) is 10.2 Å². The summed E-state index contributed by atoms with van der Waals surface area (Å²) in [6, 6.07) is 15.3. The standard InChI is InChI=1S/C20H11ClFN5/c21-14-7-13(8-15(22)9-14)19-18(26-17(10-23)20(24)27-19)12-3-4-16-11(6-12)2-1-5-25-16/h1-9H,(H2,24,27). The Morgan fingerprint density at radius 1 is 1.00 bits per heavy atom. The van der Waals surface area contributed by atoms with Gasteiger partial charge in [-0.05, 0) is 36.4 Å². The second-order valence-corrected chi connectivity index (χ2v) is 6.27.